The molecule has 4 heteroatoms. The zero-order valence-corrected chi connectivity index (χ0v) is 16.6. The lowest BCUT2D eigenvalue weighted by Crippen LogP contribution is -2.48. The highest BCUT2D eigenvalue weighted by atomic mass is 16.5. The predicted molar refractivity (Wildman–Crippen MR) is 102 cm³/mol. The molecule has 0 amide bonds. The fourth-order valence-electron chi connectivity index (χ4n) is 6.73. The molecule has 146 valence electrons. The second-order valence-corrected chi connectivity index (χ2v) is 9.49. The summed E-state index contributed by atoms with van der Waals surface area (Å²) in [6.45, 7) is 5.82. The zero-order valence-electron chi connectivity index (χ0n) is 16.6. The van der Waals surface area contributed by atoms with E-state index in [4.69, 9.17) is 4.74 Å². The van der Waals surface area contributed by atoms with Crippen LogP contribution in [-0.2, 0) is 19.1 Å². The molecule has 4 aliphatic carbocycles. The van der Waals surface area contributed by atoms with E-state index in [-0.39, 0.29) is 34.9 Å². The second-order valence-electron chi connectivity index (χ2n) is 9.49. The Kier molecular flexibility index (Phi) is 4.44. The van der Waals surface area contributed by atoms with Crippen LogP contribution < -0.4 is 0 Å². The maximum atomic E-state index is 12.7. The van der Waals surface area contributed by atoms with Gasteiger partial charge in [0.15, 0.2) is 11.6 Å². The second kappa shape index (κ2) is 6.42. The highest BCUT2D eigenvalue weighted by Gasteiger charge is 2.58. The quantitative estimate of drug-likeness (QED) is 0.556. The number of Topliss-reactive ketones (excluding diaryl/α,β-unsaturated/α-hetero) is 1. The number of rotatable bonds is 3. The molecule has 4 rings (SSSR count). The minimum Gasteiger partial charge on any atom is -0.458 e. The molecule has 0 aromatic heterocycles. The molecule has 0 spiro atoms. The van der Waals surface area contributed by atoms with Gasteiger partial charge in [0.05, 0.1) is 0 Å². The van der Waals surface area contributed by atoms with Crippen LogP contribution in [0, 0.1) is 34.5 Å². The van der Waals surface area contributed by atoms with E-state index < -0.39 is 5.97 Å². The van der Waals surface area contributed by atoms with E-state index in [0.717, 1.165) is 32.1 Å². The number of hydrogen-bond donors (Lipinski definition) is 0. The summed E-state index contributed by atoms with van der Waals surface area (Å²) in [5.41, 5.74) is 1.29. The maximum Gasteiger partial charge on any atom is 0.303 e. The number of allylic oxidation sites excluding steroid dienone is 4. The largest absolute Gasteiger partial charge is 0.458 e. The first-order valence-corrected chi connectivity index (χ1v) is 10.3. The van der Waals surface area contributed by atoms with Crippen LogP contribution in [0.25, 0.3) is 0 Å². The van der Waals surface area contributed by atoms with Gasteiger partial charge in [0.1, 0.15) is 6.61 Å². The maximum absolute atomic E-state index is 12.7. The molecule has 6 atom stereocenters. The number of carbonyl (C=O) groups excluding carboxylic acids is 3. The van der Waals surface area contributed by atoms with Gasteiger partial charge in [0, 0.05) is 19.3 Å². The van der Waals surface area contributed by atoms with E-state index in [2.05, 4.69) is 26.0 Å². The van der Waals surface area contributed by atoms with Gasteiger partial charge in [-0.1, -0.05) is 31.6 Å². The Bertz CT molecular complexity index is 747. The average molecular weight is 370 g/mol. The summed E-state index contributed by atoms with van der Waals surface area (Å²) in [5, 5.41) is 0. The van der Waals surface area contributed by atoms with Crippen LogP contribution in [0.4, 0.5) is 0 Å². The first-order chi connectivity index (χ1) is 12.8. The third-order valence-electron chi connectivity index (χ3n) is 8.21. The van der Waals surface area contributed by atoms with Gasteiger partial charge in [-0.05, 0) is 66.8 Å². The van der Waals surface area contributed by atoms with Gasteiger partial charge in [0.25, 0.3) is 0 Å². The van der Waals surface area contributed by atoms with Gasteiger partial charge >= 0.3 is 5.97 Å². The number of ketones is 2. The van der Waals surface area contributed by atoms with E-state index in [1.54, 1.807) is 0 Å². The molecule has 4 nitrogen and oxygen atoms in total. The topological polar surface area (TPSA) is 60.4 Å². The Labute approximate surface area is 161 Å². The van der Waals surface area contributed by atoms with E-state index in [0.29, 0.717) is 24.2 Å². The number of ether oxygens (including phenoxy) is 1. The smallest absolute Gasteiger partial charge is 0.303 e. The summed E-state index contributed by atoms with van der Waals surface area (Å²) in [6, 6.07) is 0. The molecular weight excluding hydrogens is 340 g/mol. The van der Waals surface area contributed by atoms with Gasteiger partial charge in [-0.3, -0.25) is 14.4 Å². The van der Waals surface area contributed by atoms with Crippen LogP contribution >= 0.6 is 0 Å². The van der Waals surface area contributed by atoms with Crippen molar-refractivity contribution in [1.29, 1.82) is 0 Å². The normalized spacial score (nSPS) is 42.6. The lowest BCUT2D eigenvalue weighted by molar-refractivity contribution is -0.147. The third kappa shape index (κ3) is 2.83. The highest BCUT2D eigenvalue weighted by molar-refractivity contribution is 5.91. The van der Waals surface area contributed by atoms with Crippen molar-refractivity contribution < 1.29 is 19.1 Å². The van der Waals surface area contributed by atoms with Gasteiger partial charge in [-0.2, -0.15) is 0 Å². The molecule has 0 aliphatic heterocycles. The summed E-state index contributed by atoms with van der Waals surface area (Å²) < 4.78 is 4.99. The number of hydrogen-bond acceptors (Lipinski definition) is 4. The fraction of sp³-hybridized carbons (Fsp3) is 0.696. The Balaban J connectivity index is 1.61. The summed E-state index contributed by atoms with van der Waals surface area (Å²) in [7, 11) is 0. The highest BCUT2D eigenvalue weighted by Crippen LogP contribution is 2.64. The van der Waals surface area contributed by atoms with Gasteiger partial charge in [-0.25, -0.2) is 0 Å². The van der Waals surface area contributed by atoms with Crippen LogP contribution in [0.2, 0.25) is 0 Å². The van der Waals surface area contributed by atoms with Crippen molar-refractivity contribution in [2.24, 2.45) is 34.5 Å². The fourth-order valence-corrected chi connectivity index (χ4v) is 6.73. The van der Waals surface area contributed by atoms with Gasteiger partial charge in [0.2, 0.25) is 0 Å². The monoisotopic (exact) mass is 370 g/mol. The Hall–Kier alpha value is -1.71. The Morgan fingerprint density at radius 3 is 2.70 bits per heavy atom. The van der Waals surface area contributed by atoms with Crippen molar-refractivity contribution in [3.63, 3.8) is 0 Å². The predicted octanol–water partition coefficient (Wildman–Crippen LogP) is 4.04. The Morgan fingerprint density at radius 1 is 1.19 bits per heavy atom. The summed E-state index contributed by atoms with van der Waals surface area (Å²) in [6.07, 6.45) is 12.2. The molecule has 2 saturated carbocycles. The van der Waals surface area contributed by atoms with E-state index in [9.17, 15) is 14.4 Å². The molecule has 0 aromatic carbocycles. The van der Waals surface area contributed by atoms with Crippen molar-refractivity contribution in [3.05, 3.63) is 23.8 Å². The molecule has 0 radical (unpaired) electrons. The van der Waals surface area contributed by atoms with Crippen molar-refractivity contribution in [3.8, 4) is 0 Å². The molecule has 2 fully saturated rings. The number of fused-ring (bicyclic) bond motifs is 5. The summed E-state index contributed by atoms with van der Waals surface area (Å²) in [5.74, 6) is 1.42. The van der Waals surface area contributed by atoms with Crippen molar-refractivity contribution in [1.82, 2.24) is 0 Å². The molecule has 0 saturated heterocycles. The average Bonchev–Trinajstić information content (AvgIpc) is 2.97. The van der Waals surface area contributed by atoms with E-state index in [1.165, 1.54) is 12.5 Å². The van der Waals surface area contributed by atoms with Crippen molar-refractivity contribution in [2.75, 3.05) is 6.61 Å². The molecule has 0 unspecified atom stereocenters. The van der Waals surface area contributed by atoms with Crippen LogP contribution in [-0.4, -0.2) is 24.1 Å². The molecular formula is C23H30O4. The minimum absolute atomic E-state index is 0.0586. The molecule has 0 bridgehead atoms. The zero-order chi connectivity index (χ0) is 19.4. The molecule has 0 heterocycles. The lowest BCUT2D eigenvalue weighted by atomic mass is 9.49. The van der Waals surface area contributed by atoms with E-state index in [1.807, 2.05) is 6.08 Å². The Morgan fingerprint density at radius 2 is 1.96 bits per heavy atom. The first kappa shape index (κ1) is 18.6. The minimum atomic E-state index is -0.395. The van der Waals surface area contributed by atoms with Gasteiger partial charge in [-0.15, -0.1) is 0 Å². The van der Waals surface area contributed by atoms with Crippen LogP contribution in [0.1, 0.15) is 59.3 Å². The molecule has 4 aliphatic rings. The van der Waals surface area contributed by atoms with Crippen LogP contribution in [0.3, 0.4) is 0 Å². The van der Waals surface area contributed by atoms with E-state index >= 15 is 0 Å². The molecule has 0 aromatic rings. The number of esters is 1. The summed E-state index contributed by atoms with van der Waals surface area (Å²) in [4.78, 5) is 35.7. The first-order valence-electron chi connectivity index (χ1n) is 10.3. The SMILES string of the molecule is CC(=O)OCC(=O)[C@H]1CC[C@H]2[C@@H]3CCC4=CC(=O)CC[C@]4(C)[C@H]3C=C[C@]12C. The summed E-state index contributed by atoms with van der Waals surface area (Å²) >= 11 is 0. The van der Waals surface area contributed by atoms with Crippen LogP contribution in [0.15, 0.2) is 23.8 Å². The van der Waals surface area contributed by atoms with Crippen molar-refractivity contribution in [2.45, 2.75) is 59.3 Å². The van der Waals surface area contributed by atoms with Crippen LogP contribution in [0.5, 0.6) is 0 Å². The van der Waals surface area contributed by atoms with Crippen molar-refractivity contribution >= 4 is 17.5 Å². The lowest BCUT2D eigenvalue weighted by Gasteiger charge is -2.55. The molecule has 27 heavy (non-hydrogen) atoms. The molecule has 0 N–H and O–H groups in total. The third-order valence-corrected chi connectivity index (χ3v) is 8.21. The number of carbonyl (C=O) groups is 3. The standard InChI is InChI=1S/C23H30O4/c1-14(24)27-13-21(26)20-7-6-18-17-5-4-15-12-16(25)8-10-22(15,2)19(17)9-11-23(18,20)3/h9,11-12,17-20H,4-8,10,13H2,1-3H3/t17-,18-,19-,20+,22-,23-/m0/s1. The van der Waals surface area contributed by atoms with Gasteiger partial charge < -0.3 is 4.74 Å².